The molecule has 0 unspecified atom stereocenters. The van der Waals surface area contributed by atoms with Gasteiger partial charge in [0.2, 0.25) is 0 Å². The highest BCUT2D eigenvalue weighted by atomic mass is 35.5. The molecule has 0 radical (unpaired) electrons. The van der Waals surface area contributed by atoms with Crippen molar-refractivity contribution in [3.63, 3.8) is 0 Å². The largest absolute Gasteiger partial charge is 0.490 e. The molecule has 0 bridgehead atoms. The summed E-state index contributed by atoms with van der Waals surface area (Å²) in [6.07, 6.45) is 0. The molecule has 0 saturated heterocycles. The maximum atomic E-state index is 5.88. The van der Waals surface area contributed by atoms with Crippen LogP contribution in [0, 0.1) is 6.92 Å². The van der Waals surface area contributed by atoms with Gasteiger partial charge in [-0.2, -0.15) is 0 Å². The van der Waals surface area contributed by atoms with Gasteiger partial charge in [0.15, 0.2) is 12.4 Å². The quantitative estimate of drug-likeness (QED) is 0.385. The number of nitrogens with zero attached hydrogens (tertiary/aromatic N) is 1. The van der Waals surface area contributed by atoms with Crippen LogP contribution < -0.4 is 10.5 Å². The minimum absolute atomic E-state index is 0.285. The van der Waals surface area contributed by atoms with E-state index in [9.17, 15) is 0 Å². The number of amidine groups is 1. The van der Waals surface area contributed by atoms with Crippen molar-refractivity contribution in [2.24, 2.45) is 10.9 Å². The predicted molar refractivity (Wildman–Crippen MR) is 84.8 cm³/mol. The molecule has 5 heteroatoms. The lowest BCUT2D eigenvalue weighted by Crippen LogP contribution is -2.15. The van der Waals surface area contributed by atoms with Gasteiger partial charge < -0.3 is 15.3 Å². The Kier molecular flexibility index (Phi) is 5.46. The summed E-state index contributed by atoms with van der Waals surface area (Å²) in [5.74, 6) is 1.09. The molecule has 0 heterocycles. The van der Waals surface area contributed by atoms with E-state index < -0.39 is 0 Å². The van der Waals surface area contributed by atoms with Crippen LogP contribution in [0.25, 0.3) is 0 Å². The minimum Gasteiger partial charge on any atom is -0.490 e. The summed E-state index contributed by atoms with van der Waals surface area (Å²) in [5, 5.41) is 4.44. The lowest BCUT2D eigenvalue weighted by Gasteiger charge is -2.06. The van der Waals surface area contributed by atoms with E-state index in [2.05, 4.69) is 5.16 Å². The number of hydrogen-bond acceptors (Lipinski definition) is 3. The van der Waals surface area contributed by atoms with Crippen LogP contribution in [0.4, 0.5) is 0 Å². The topological polar surface area (TPSA) is 56.8 Å². The summed E-state index contributed by atoms with van der Waals surface area (Å²) >= 11 is 5.88. The lowest BCUT2D eigenvalue weighted by atomic mass is 10.2. The maximum absolute atomic E-state index is 5.88. The van der Waals surface area contributed by atoms with Crippen LogP contribution >= 0.6 is 11.6 Å². The van der Waals surface area contributed by atoms with Gasteiger partial charge in [-0.05, 0) is 31.2 Å². The first-order valence-corrected chi connectivity index (χ1v) is 6.94. The highest BCUT2D eigenvalue weighted by molar-refractivity contribution is 6.31. The first-order chi connectivity index (χ1) is 10.1. The fourth-order valence-corrected chi connectivity index (χ4v) is 1.84. The van der Waals surface area contributed by atoms with Crippen LogP contribution in [0.15, 0.2) is 53.7 Å². The molecular weight excluding hydrogens is 288 g/mol. The molecule has 2 rings (SSSR count). The highest BCUT2D eigenvalue weighted by Crippen LogP contribution is 2.11. The fraction of sp³-hybridized carbons (Fsp3) is 0.188. The molecule has 0 fully saturated rings. The first-order valence-electron chi connectivity index (χ1n) is 6.56. The van der Waals surface area contributed by atoms with E-state index >= 15 is 0 Å². The monoisotopic (exact) mass is 304 g/mol. The van der Waals surface area contributed by atoms with Gasteiger partial charge in [-0.15, -0.1) is 0 Å². The summed E-state index contributed by atoms with van der Waals surface area (Å²) < 4.78 is 5.51. The second-order valence-corrected chi connectivity index (χ2v) is 4.92. The van der Waals surface area contributed by atoms with E-state index in [1.807, 2.05) is 37.3 Å². The van der Waals surface area contributed by atoms with Gasteiger partial charge >= 0.3 is 0 Å². The van der Waals surface area contributed by atoms with Crippen LogP contribution in [0.3, 0.4) is 0 Å². The molecule has 0 aliphatic carbocycles. The summed E-state index contributed by atoms with van der Waals surface area (Å²) in [6.45, 7) is 2.74. The third-order valence-corrected chi connectivity index (χ3v) is 2.98. The molecule has 110 valence electrons. The van der Waals surface area contributed by atoms with Crippen LogP contribution in [0.1, 0.15) is 11.1 Å². The standard InChI is InChI=1S/C16H17ClN2O2/c1-12-5-7-15(8-6-12)20-9-10-21-19-16(18)13-3-2-4-14(17)11-13/h2-8,11H,9-10H2,1H3,(H2,18,19). The molecule has 0 aromatic heterocycles. The fourth-order valence-electron chi connectivity index (χ4n) is 1.65. The molecule has 2 aromatic carbocycles. The zero-order valence-electron chi connectivity index (χ0n) is 11.8. The van der Waals surface area contributed by atoms with Crippen molar-refractivity contribution in [3.8, 4) is 5.75 Å². The molecule has 4 nitrogen and oxygen atoms in total. The van der Waals surface area contributed by atoms with Crippen molar-refractivity contribution >= 4 is 17.4 Å². The Labute approximate surface area is 129 Å². The Hall–Kier alpha value is -2.20. The third-order valence-electron chi connectivity index (χ3n) is 2.75. The highest BCUT2D eigenvalue weighted by Gasteiger charge is 2.00. The molecule has 2 aromatic rings. The molecule has 0 aliphatic heterocycles. The van der Waals surface area contributed by atoms with Crippen LogP contribution in [0.2, 0.25) is 5.02 Å². The second kappa shape index (κ2) is 7.55. The molecule has 0 saturated carbocycles. The molecular formula is C16H17ClN2O2. The number of benzene rings is 2. The lowest BCUT2D eigenvalue weighted by molar-refractivity contribution is 0.107. The van der Waals surface area contributed by atoms with Gasteiger partial charge in [0.05, 0.1) is 0 Å². The minimum atomic E-state index is 0.285. The number of nitrogens with two attached hydrogens (primary N) is 1. The van der Waals surface area contributed by atoms with Crippen molar-refractivity contribution in [2.75, 3.05) is 13.2 Å². The summed E-state index contributed by atoms with van der Waals surface area (Å²) in [5.41, 5.74) is 7.72. The predicted octanol–water partition coefficient (Wildman–Crippen LogP) is 3.36. The summed E-state index contributed by atoms with van der Waals surface area (Å²) in [4.78, 5) is 5.13. The number of ether oxygens (including phenoxy) is 1. The Morgan fingerprint density at radius 2 is 1.90 bits per heavy atom. The molecule has 2 N–H and O–H groups in total. The Morgan fingerprint density at radius 3 is 2.62 bits per heavy atom. The molecule has 0 amide bonds. The molecule has 0 aliphatic rings. The summed E-state index contributed by atoms with van der Waals surface area (Å²) in [7, 11) is 0. The van der Waals surface area contributed by atoms with Crippen molar-refractivity contribution in [2.45, 2.75) is 6.92 Å². The van der Waals surface area contributed by atoms with Gasteiger partial charge in [-0.25, -0.2) is 0 Å². The van der Waals surface area contributed by atoms with Crippen molar-refractivity contribution in [1.82, 2.24) is 0 Å². The van der Waals surface area contributed by atoms with Crippen molar-refractivity contribution < 1.29 is 9.57 Å². The second-order valence-electron chi connectivity index (χ2n) is 4.48. The third kappa shape index (κ3) is 5.00. The zero-order chi connectivity index (χ0) is 15.1. The number of rotatable bonds is 6. The number of halogens is 1. The smallest absolute Gasteiger partial charge is 0.170 e. The summed E-state index contributed by atoms with van der Waals surface area (Å²) in [6, 6.07) is 14.9. The average molecular weight is 305 g/mol. The number of hydrogen-bond donors (Lipinski definition) is 1. The number of aryl methyl sites for hydroxylation is 1. The average Bonchev–Trinajstić information content (AvgIpc) is 2.48. The van der Waals surface area contributed by atoms with Gasteiger partial charge in [0, 0.05) is 10.6 Å². The van der Waals surface area contributed by atoms with E-state index in [0.29, 0.717) is 18.2 Å². The van der Waals surface area contributed by atoms with E-state index in [-0.39, 0.29) is 5.84 Å². The van der Waals surface area contributed by atoms with Crippen molar-refractivity contribution in [3.05, 3.63) is 64.7 Å². The molecule has 0 spiro atoms. The Morgan fingerprint density at radius 1 is 1.14 bits per heavy atom. The van der Waals surface area contributed by atoms with Crippen LogP contribution in [0.5, 0.6) is 5.75 Å². The Balaban J connectivity index is 1.76. The van der Waals surface area contributed by atoms with E-state index in [1.54, 1.807) is 18.2 Å². The SMILES string of the molecule is Cc1ccc(OCCO/N=C(\N)c2cccc(Cl)c2)cc1. The van der Waals surface area contributed by atoms with Crippen LogP contribution in [-0.2, 0) is 4.84 Å². The molecule has 0 atom stereocenters. The first kappa shape index (κ1) is 15.2. The normalized spacial score (nSPS) is 11.2. The Bertz CT molecular complexity index is 612. The van der Waals surface area contributed by atoms with E-state index in [0.717, 1.165) is 11.3 Å². The van der Waals surface area contributed by atoms with E-state index in [1.165, 1.54) is 5.56 Å². The zero-order valence-corrected chi connectivity index (χ0v) is 12.5. The van der Waals surface area contributed by atoms with Gasteiger partial charge in [-0.1, -0.05) is 46.6 Å². The van der Waals surface area contributed by atoms with Gasteiger partial charge in [0.25, 0.3) is 0 Å². The van der Waals surface area contributed by atoms with Crippen LogP contribution in [-0.4, -0.2) is 19.0 Å². The van der Waals surface area contributed by atoms with Gasteiger partial charge in [-0.3, -0.25) is 0 Å². The number of oxime groups is 1. The van der Waals surface area contributed by atoms with E-state index in [4.69, 9.17) is 26.9 Å². The van der Waals surface area contributed by atoms with Gasteiger partial charge in [0.1, 0.15) is 12.4 Å². The molecule has 21 heavy (non-hydrogen) atoms. The maximum Gasteiger partial charge on any atom is 0.170 e. The van der Waals surface area contributed by atoms with Crippen molar-refractivity contribution in [1.29, 1.82) is 0 Å².